The second kappa shape index (κ2) is 8.37. The zero-order valence-electron chi connectivity index (χ0n) is 16.5. The molecule has 0 amide bonds. The van der Waals surface area contributed by atoms with E-state index in [-0.39, 0.29) is 11.0 Å². The average molecular weight is 380 g/mol. The molecule has 1 unspecified atom stereocenters. The molecule has 0 bridgehead atoms. The van der Waals surface area contributed by atoms with Gasteiger partial charge in [0, 0.05) is 36.5 Å². The maximum absolute atomic E-state index is 12.7. The molecule has 1 atom stereocenters. The topological polar surface area (TPSA) is 57.7 Å². The molecule has 6 nitrogen and oxygen atoms in total. The van der Waals surface area contributed by atoms with Crippen LogP contribution in [0.3, 0.4) is 0 Å². The summed E-state index contributed by atoms with van der Waals surface area (Å²) in [5.74, 6) is 0. The number of aliphatic hydroxyl groups is 1. The van der Waals surface area contributed by atoms with Gasteiger partial charge >= 0.3 is 0 Å². The van der Waals surface area contributed by atoms with E-state index in [4.69, 9.17) is 4.74 Å². The zero-order valence-corrected chi connectivity index (χ0v) is 16.5. The number of nitrogens with zero attached hydrogens (tertiary/aromatic N) is 3. The van der Waals surface area contributed by atoms with Crippen LogP contribution < -0.4 is 21.0 Å². The van der Waals surface area contributed by atoms with Crippen LogP contribution in [0.15, 0.2) is 47.5 Å². The van der Waals surface area contributed by atoms with Gasteiger partial charge in [0.2, 0.25) is 0 Å². The molecular weight excluding hydrogens is 354 g/mol. The molecule has 6 heteroatoms. The number of hydrogen-bond donors (Lipinski definition) is 1. The lowest BCUT2D eigenvalue weighted by atomic mass is 10.1. The molecule has 0 saturated carbocycles. The van der Waals surface area contributed by atoms with Gasteiger partial charge in [-0.15, -0.1) is 9.69 Å². The number of aliphatic hydroxyl groups excluding tert-OH is 1. The lowest BCUT2D eigenvalue weighted by molar-refractivity contribution is -0.506. The minimum Gasteiger partial charge on any atom is -0.364 e. The monoisotopic (exact) mass is 380 g/mol. The van der Waals surface area contributed by atoms with E-state index < -0.39 is 6.29 Å². The highest BCUT2D eigenvalue weighted by molar-refractivity contribution is 5.49. The smallest absolute Gasteiger partial charge is 0.197 e. The van der Waals surface area contributed by atoms with Gasteiger partial charge in [0.15, 0.2) is 25.0 Å². The minimum atomic E-state index is -1.25. The molecule has 146 valence electrons. The van der Waals surface area contributed by atoms with Crippen LogP contribution in [-0.2, 0) is 11.3 Å². The van der Waals surface area contributed by atoms with Crippen molar-refractivity contribution in [1.29, 1.82) is 0 Å². The van der Waals surface area contributed by atoms with Gasteiger partial charge in [-0.25, -0.2) is 0 Å². The average Bonchev–Trinajstić information content (AvgIpc) is 3.14. The lowest BCUT2D eigenvalue weighted by Crippen LogP contribution is -2.47. The molecule has 2 heterocycles. The van der Waals surface area contributed by atoms with E-state index >= 15 is 0 Å². The van der Waals surface area contributed by atoms with Gasteiger partial charge in [-0.05, 0) is 31.5 Å². The number of ether oxygens (including phenoxy) is 1. The van der Waals surface area contributed by atoms with Gasteiger partial charge in [-0.1, -0.05) is 24.3 Å². The van der Waals surface area contributed by atoms with Gasteiger partial charge in [-0.2, -0.15) is 0 Å². The van der Waals surface area contributed by atoms with E-state index in [9.17, 15) is 9.90 Å². The molecule has 1 aliphatic heterocycles. The van der Waals surface area contributed by atoms with E-state index in [0.717, 1.165) is 23.1 Å². The second-order valence-corrected chi connectivity index (χ2v) is 6.59. The molecule has 1 aromatic heterocycles. The lowest BCUT2D eigenvalue weighted by Gasteiger charge is -2.15. The molecule has 3 rings (SSSR count). The van der Waals surface area contributed by atoms with Crippen LogP contribution >= 0.6 is 0 Å². The van der Waals surface area contributed by atoms with E-state index in [1.54, 1.807) is 12.3 Å². The van der Waals surface area contributed by atoms with Gasteiger partial charge < -0.3 is 14.4 Å². The first kappa shape index (κ1) is 19.8. The third kappa shape index (κ3) is 3.69. The molecule has 1 aliphatic rings. The third-order valence-electron chi connectivity index (χ3n) is 4.86. The molecule has 1 aromatic carbocycles. The van der Waals surface area contributed by atoms with Gasteiger partial charge in [-0.3, -0.25) is 4.79 Å². The van der Waals surface area contributed by atoms with Crippen molar-refractivity contribution >= 4 is 24.6 Å². The summed E-state index contributed by atoms with van der Waals surface area (Å²) in [7, 11) is 1.38. The fourth-order valence-corrected chi connectivity index (χ4v) is 3.41. The summed E-state index contributed by atoms with van der Waals surface area (Å²) in [5.41, 5.74) is 2.13. The molecule has 28 heavy (non-hydrogen) atoms. The summed E-state index contributed by atoms with van der Waals surface area (Å²) in [4.78, 5) is 12.7. The van der Waals surface area contributed by atoms with Crippen LogP contribution in [0.4, 0.5) is 5.69 Å². The Bertz CT molecular complexity index is 1080. The maximum Gasteiger partial charge on any atom is 0.197 e. The summed E-state index contributed by atoms with van der Waals surface area (Å²) < 4.78 is 8.82. The van der Waals surface area contributed by atoms with Crippen LogP contribution in [0.25, 0.3) is 12.2 Å². The van der Waals surface area contributed by atoms with Crippen molar-refractivity contribution in [3.05, 3.63) is 74.7 Å². The Morgan fingerprint density at radius 2 is 2.00 bits per heavy atom. The zero-order chi connectivity index (χ0) is 20.3. The largest absolute Gasteiger partial charge is 0.364 e. The normalized spacial score (nSPS) is 16.3. The Morgan fingerprint density at radius 1 is 1.29 bits per heavy atom. The highest BCUT2D eigenvalue weighted by atomic mass is 16.6. The van der Waals surface area contributed by atoms with Crippen molar-refractivity contribution in [3.63, 3.8) is 0 Å². The van der Waals surface area contributed by atoms with Crippen molar-refractivity contribution in [2.75, 3.05) is 18.7 Å². The molecule has 0 saturated heterocycles. The standard InChI is InChI=1S/C22H26N3O3/c1-5-18-20(6-2)24(15-19(21(18)26)22(27)28-4)14-16-8-10-17(11-9-16)25-13-7-12-23(25)3/h5-11,13,15,22,27H,3,12,14H2,1-2,4H3/q+1. The molecule has 0 radical (unpaired) electrons. The van der Waals surface area contributed by atoms with Crippen LogP contribution in [0.5, 0.6) is 0 Å². The minimum absolute atomic E-state index is 0.215. The molecule has 1 N–H and O–H groups in total. The molecule has 0 aliphatic carbocycles. The maximum atomic E-state index is 12.7. The summed E-state index contributed by atoms with van der Waals surface area (Å²) in [6, 6.07) is 8.18. The van der Waals surface area contributed by atoms with Crippen molar-refractivity contribution in [3.8, 4) is 0 Å². The van der Waals surface area contributed by atoms with Crippen LogP contribution in [0, 0.1) is 0 Å². The fourth-order valence-electron chi connectivity index (χ4n) is 3.41. The molecule has 0 spiro atoms. The number of hydrazone groups is 1. The Labute approximate surface area is 164 Å². The molecule has 0 fully saturated rings. The first-order valence-corrected chi connectivity index (χ1v) is 9.19. The number of rotatable bonds is 5. The van der Waals surface area contributed by atoms with E-state index in [0.29, 0.717) is 11.8 Å². The van der Waals surface area contributed by atoms with Crippen molar-refractivity contribution < 1.29 is 14.5 Å². The summed E-state index contributed by atoms with van der Waals surface area (Å²) in [6.45, 7) is 9.06. The predicted octanol–water partition coefficient (Wildman–Crippen LogP) is 1.10. The number of benzene rings is 1. The highest BCUT2D eigenvalue weighted by Gasteiger charge is 2.18. The first-order valence-electron chi connectivity index (χ1n) is 9.19. The summed E-state index contributed by atoms with van der Waals surface area (Å²) in [5, 5.41) is 13.4. The quantitative estimate of drug-likeness (QED) is 0.623. The second-order valence-electron chi connectivity index (χ2n) is 6.59. The van der Waals surface area contributed by atoms with Gasteiger partial charge in [0.25, 0.3) is 0 Å². The third-order valence-corrected chi connectivity index (χ3v) is 4.86. The number of pyridine rings is 1. The SMILES string of the molecule is C=[N+]1CC=CN1c1ccc(Cn2cc(C(O)OC)c(=O)c(=CC)c2=CC)cc1. The van der Waals surface area contributed by atoms with Crippen LogP contribution in [0.1, 0.15) is 31.3 Å². The first-order chi connectivity index (χ1) is 13.5. The van der Waals surface area contributed by atoms with Crippen molar-refractivity contribution in [2.24, 2.45) is 0 Å². The summed E-state index contributed by atoms with van der Waals surface area (Å²) in [6.07, 6.45) is 8.14. The molecule has 2 aromatic rings. The predicted molar refractivity (Wildman–Crippen MR) is 112 cm³/mol. The highest BCUT2D eigenvalue weighted by Crippen LogP contribution is 2.18. The molecular formula is C22H26N3O3+. The number of hydrazine groups is 1. The van der Waals surface area contributed by atoms with Crippen LogP contribution in [-0.4, -0.2) is 34.7 Å². The van der Waals surface area contributed by atoms with E-state index in [2.05, 4.69) is 24.9 Å². The number of aromatic nitrogens is 1. The fraction of sp³-hybridized carbons (Fsp3) is 0.273. The Hall–Kier alpha value is -2.96. The van der Waals surface area contributed by atoms with E-state index in [1.807, 2.05) is 52.5 Å². The number of methoxy groups -OCH3 is 1. The Balaban J connectivity index is 2.01. The van der Waals surface area contributed by atoms with E-state index in [1.165, 1.54) is 7.11 Å². The Morgan fingerprint density at radius 3 is 2.54 bits per heavy atom. The number of hydrogen-bond acceptors (Lipinski definition) is 4. The van der Waals surface area contributed by atoms with Crippen molar-refractivity contribution in [2.45, 2.75) is 26.7 Å². The van der Waals surface area contributed by atoms with Gasteiger partial charge in [0.1, 0.15) is 5.69 Å². The van der Waals surface area contributed by atoms with Crippen LogP contribution in [0.2, 0.25) is 0 Å². The van der Waals surface area contributed by atoms with Crippen molar-refractivity contribution in [1.82, 2.24) is 4.57 Å². The Kier molecular flexibility index (Phi) is 5.92. The number of anilines is 1. The van der Waals surface area contributed by atoms with Gasteiger partial charge in [0.05, 0.1) is 11.8 Å². The summed E-state index contributed by atoms with van der Waals surface area (Å²) >= 11 is 0.